The van der Waals surface area contributed by atoms with Crippen LogP contribution in [-0.2, 0) is 16.0 Å². The number of methoxy groups -OCH3 is 1. The Morgan fingerprint density at radius 2 is 2.21 bits per heavy atom. The van der Waals surface area contributed by atoms with Crippen LogP contribution in [-0.4, -0.2) is 13.1 Å². The molecule has 76 valence electrons. The van der Waals surface area contributed by atoms with E-state index in [4.69, 9.17) is 5.73 Å². The van der Waals surface area contributed by atoms with Crippen molar-refractivity contribution >= 4 is 11.7 Å². The lowest BCUT2D eigenvalue weighted by atomic mass is 10.0. The molecule has 0 bridgehead atoms. The van der Waals surface area contributed by atoms with Crippen molar-refractivity contribution in [3.8, 4) is 0 Å². The van der Waals surface area contributed by atoms with Crippen LogP contribution in [0.15, 0.2) is 12.1 Å². The van der Waals surface area contributed by atoms with Crippen LogP contribution in [0.25, 0.3) is 0 Å². The van der Waals surface area contributed by atoms with E-state index in [0.717, 1.165) is 0 Å². The van der Waals surface area contributed by atoms with E-state index in [9.17, 15) is 9.18 Å². The van der Waals surface area contributed by atoms with Crippen molar-refractivity contribution in [3.05, 3.63) is 29.1 Å². The number of esters is 1. The number of nitrogens with two attached hydrogens (primary N) is 1. The number of hydrogen-bond acceptors (Lipinski definition) is 3. The smallest absolute Gasteiger partial charge is 0.309 e. The Morgan fingerprint density at radius 1 is 1.57 bits per heavy atom. The predicted molar refractivity (Wildman–Crippen MR) is 51.3 cm³/mol. The zero-order valence-electron chi connectivity index (χ0n) is 8.13. The number of anilines is 1. The molecule has 0 aliphatic rings. The second-order valence-corrected chi connectivity index (χ2v) is 3.01. The number of carbonyl (C=O) groups excluding carboxylic acids is 1. The molecule has 0 radical (unpaired) electrons. The molecule has 0 heterocycles. The third kappa shape index (κ3) is 2.02. The lowest BCUT2D eigenvalue weighted by Gasteiger charge is -2.07. The fourth-order valence-electron chi connectivity index (χ4n) is 1.17. The van der Waals surface area contributed by atoms with Crippen molar-refractivity contribution in [2.24, 2.45) is 0 Å². The van der Waals surface area contributed by atoms with Crippen molar-refractivity contribution < 1.29 is 13.9 Å². The Bertz CT molecular complexity index is 363. The highest BCUT2D eigenvalue weighted by atomic mass is 19.1. The second-order valence-electron chi connectivity index (χ2n) is 3.01. The van der Waals surface area contributed by atoms with Crippen LogP contribution in [0.1, 0.15) is 11.1 Å². The van der Waals surface area contributed by atoms with Crippen LogP contribution in [0.2, 0.25) is 0 Å². The lowest BCUT2D eigenvalue weighted by molar-refractivity contribution is -0.139. The summed E-state index contributed by atoms with van der Waals surface area (Å²) in [7, 11) is 1.30. The van der Waals surface area contributed by atoms with E-state index < -0.39 is 11.8 Å². The molecule has 2 N–H and O–H groups in total. The number of rotatable bonds is 2. The van der Waals surface area contributed by atoms with Gasteiger partial charge in [-0.15, -0.1) is 0 Å². The van der Waals surface area contributed by atoms with Crippen molar-refractivity contribution in [3.63, 3.8) is 0 Å². The summed E-state index contributed by atoms with van der Waals surface area (Å²) < 4.78 is 17.8. The molecule has 0 saturated carbocycles. The summed E-state index contributed by atoms with van der Waals surface area (Å²) in [5.74, 6) is -0.858. The van der Waals surface area contributed by atoms with Gasteiger partial charge in [0.1, 0.15) is 5.82 Å². The summed E-state index contributed by atoms with van der Waals surface area (Å²) in [5.41, 5.74) is 6.45. The average molecular weight is 197 g/mol. The molecule has 0 unspecified atom stereocenters. The largest absolute Gasteiger partial charge is 0.469 e. The SMILES string of the molecule is COC(=O)Cc1ccc(N)c(F)c1C. The van der Waals surface area contributed by atoms with Gasteiger partial charge in [0.15, 0.2) is 0 Å². The number of halogens is 1. The van der Waals surface area contributed by atoms with Gasteiger partial charge in [-0.1, -0.05) is 6.07 Å². The van der Waals surface area contributed by atoms with E-state index in [0.29, 0.717) is 11.1 Å². The topological polar surface area (TPSA) is 52.3 Å². The maximum Gasteiger partial charge on any atom is 0.309 e. The Morgan fingerprint density at radius 3 is 2.79 bits per heavy atom. The highest BCUT2D eigenvalue weighted by molar-refractivity contribution is 5.73. The first-order chi connectivity index (χ1) is 6.56. The lowest BCUT2D eigenvalue weighted by Crippen LogP contribution is -2.07. The van der Waals surface area contributed by atoms with Crippen molar-refractivity contribution in [2.45, 2.75) is 13.3 Å². The minimum Gasteiger partial charge on any atom is -0.469 e. The Balaban J connectivity index is 3.00. The van der Waals surface area contributed by atoms with Gasteiger partial charge in [-0.2, -0.15) is 0 Å². The fraction of sp³-hybridized carbons (Fsp3) is 0.300. The van der Waals surface area contributed by atoms with Crippen LogP contribution >= 0.6 is 0 Å². The normalized spacial score (nSPS) is 9.93. The molecule has 1 rings (SSSR count). The molecule has 0 fully saturated rings. The van der Waals surface area contributed by atoms with E-state index in [1.165, 1.54) is 13.2 Å². The van der Waals surface area contributed by atoms with Gasteiger partial charge in [-0.05, 0) is 24.1 Å². The Kier molecular flexibility index (Phi) is 3.06. The number of ether oxygens (including phenoxy) is 1. The van der Waals surface area contributed by atoms with Gasteiger partial charge in [0.25, 0.3) is 0 Å². The summed E-state index contributed by atoms with van der Waals surface area (Å²) in [4.78, 5) is 11.0. The minimum atomic E-state index is -0.466. The average Bonchev–Trinajstić information content (AvgIpc) is 2.19. The van der Waals surface area contributed by atoms with E-state index in [1.807, 2.05) is 0 Å². The van der Waals surface area contributed by atoms with Crippen LogP contribution in [0.5, 0.6) is 0 Å². The van der Waals surface area contributed by atoms with Gasteiger partial charge in [-0.3, -0.25) is 4.79 Å². The maximum absolute atomic E-state index is 13.3. The van der Waals surface area contributed by atoms with Crippen molar-refractivity contribution in [1.82, 2.24) is 0 Å². The molecule has 4 heteroatoms. The van der Waals surface area contributed by atoms with E-state index in [-0.39, 0.29) is 12.1 Å². The number of hydrogen-bond donors (Lipinski definition) is 1. The van der Waals surface area contributed by atoms with Gasteiger partial charge < -0.3 is 10.5 Å². The zero-order valence-corrected chi connectivity index (χ0v) is 8.13. The predicted octanol–water partition coefficient (Wildman–Crippen LogP) is 1.43. The van der Waals surface area contributed by atoms with Gasteiger partial charge in [0.05, 0.1) is 19.2 Å². The van der Waals surface area contributed by atoms with E-state index in [2.05, 4.69) is 4.74 Å². The first-order valence-electron chi connectivity index (χ1n) is 4.16. The van der Waals surface area contributed by atoms with Gasteiger partial charge in [-0.25, -0.2) is 4.39 Å². The Labute approximate surface area is 81.7 Å². The molecule has 1 aromatic carbocycles. The minimum absolute atomic E-state index is 0.0690. The maximum atomic E-state index is 13.3. The van der Waals surface area contributed by atoms with Gasteiger partial charge in [0.2, 0.25) is 0 Å². The molecule has 1 aromatic rings. The molecular formula is C10H12FNO2. The summed E-state index contributed by atoms with van der Waals surface area (Å²) in [6.07, 6.45) is 0.0690. The summed E-state index contributed by atoms with van der Waals surface area (Å²) in [5, 5.41) is 0. The van der Waals surface area contributed by atoms with Crippen molar-refractivity contribution in [2.75, 3.05) is 12.8 Å². The second kappa shape index (κ2) is 4.09. The van der Waals surface area contributed by atoms with Gasteiger partial charge >= 0.3 is 5.97 Å². The highest BCUT2D eigenvalue weighted by Crippen LogP contribution is 2.19. The molecule has 3 nitrogen and oxygen atoms in total. The van der Waals surface area contributed by atoms with E-state index >= 15 is 0 Å². The molecule has 0 amide bonds. The molecule has 0 aliphatic carbocycles. The van der Waals surface area contributed by atoms with Gasteiger partial charge in [0, 0.05) is 0 Å². The first-order valence-corrected chi connectivity index (χ1v) is 4.16. The highest BCUT2D eigenvalue weighted by Gasteiger charge is 2.10. The number of nitrogen functional groups attached to an aromatic ring is 1. The quantitative estimate of drug-likeness (QED) is 0.576. The summed E-state index contributed by atoms with van der Waals surface area (Å²) in [6.45, 7) is 1.59. The Hall–Kier alpha value is -1.58. The molecule has 0 atom stereocenters. The fourth-order valence-corrected chi connectivity index (χ4v) is 1.17. The first kappa shape index (κ1) is 10.5. The molecule has 0 aromatic heterocycles. The molecule has 14 heavy (non-hydrogen) atoms. The number of carbonyl (C=O) groups is 1. The molecular weight excluding hydrogens is 185 g/mol. The zero-order chi connectivity index (χ0) is 10.7. The van der Waals surface area contributed by atoms with E-state index in [1.54, 1.807) is 13.0 Å². The third-order valence-electron chi connectivity index (χ3n) is 2.09. The monoisotopic (exact) mass is 197 g/mol. The number of benzene rings is 1. The standard InChI is InChI=1S/C10H12FNO2/c1-6-7(5-9(13)14-2)3-4-8(12)10(6)11/h3-4H,5,12H2,1-2H3. The third-order valence-corrected chi connectivity index (χ3v) is 2.09. The molecule has 0 saturated heterocycles. The van der Waals surface area contributed by atoms with Crippen LogP contribution < -0.4 is 5.73 Å². The van der Waals surface area contributed by atoms with Crippen molar-refractivity contribution in [1.29, 1.82) is 0 Å². The summed E-state index contributed by atoms with van der Waals surface area (Å²) in [6, 6.07) is 3.07. The van der Waals surface area contributed by atoms with Crippen LogP contribution in [0.3, 0.4) is 0 Å². The summed E-state index contributed by atoms with van der Waals surface area (Å²) >= 11 is 0. The molecule has 0 aliphatic heterocycles. The van der Waals surface area contributed by atoms with Crippen LogP contribution in [0.4, 0.5) is 10.1 Å². The molecule has 0 spiro atoms. The van der Waals surface area contributed by atoms with Crippen LogP contribution in [0, 0.1) is 12.7 Å².